The van der Waals surface area contributed by atoms with Gasteiger partial charge in [0.1, 0.15) is 0 Å². The second-order valence-electron chi connectivity index (χ2n) is 8.99. The zero-order valence-electron chi connectivity index (χ0n) is 18.1. The third kappa shape index (κ3) is 2.96. The molecule has 162 valence electrons. The Labute approximate surface area is 198 Å². The SMILES string of the molecule is Cc1ccc(Cl)cc1N1C(=O)[C@@H]2[C@H](C1=O)[C@@H]1C=C[C@H]2C1=C(c1ccccc1)c1ccccc1. The van der Waals surface area contributed by atoms with Gasteiger partial charge >= 0.3 is 0 Å². The van der Waals surface area contributed by atoms with Crippen molar-refractivity contribution < 1.29 is 9.59 Å². The van der Waals surface area contributed by atoms with Crippen LogP contribution in [0.15, 0.2) is 96.6 Å². The van der Waals surface area contributed by atoms with Gasteiger partial charge in [-0.1, -0.05) is 90.5 Å². The molecule has 4 heteroatoms. The van der Waals surface area contributed by atoms with Crippen molar-refractivity contribution in [3.05, 3.63) is 118 Å². The van der Waals surface area contributed by atoms with E-state index in [2.05, 4.69) is 36.4 Å². The molecule has 3 nitrogen and oxygen atoms in total. The lowest BCUT2D eigenvalue weighted by atomic mass is 9.85. The smallest absolute Gasteiger partial charge is 0.238 e. The molecular formula is C29H22ClNO2. The van der Waals surface area contributed by atoms with Gasteiger partial charge in [-0.2, -0.15) is 0 Å². The van der Waals surface area contributed by atoms with Crippen molar-refractivity contribution in [2.24, 2.45) is 23.7 Å². The van der Waals surface area contributed by atoms with Crippen molar-refractivity contribution >= 4 is 34.7 Å². The molecule has 1 saturated heterocycles. The number of carbonyl (C=O) groups is 2. The number of nitrogens with zero attached hydrogens (tertiary/aromatic N) is 1. The number of benzene rings is 3. The van der Waals surface area contributed by atoms with Gasteiger partial charge in [-0.05, 0) is 46.9 Å². The second-order valence-corrected chi connectivity index (χ2v) is 9.43. The van der Waals surface area contributed by atoms with E-state index in [1.807, 2.05) is 49.4 Å². The minimum atomic E-state index is -0.372. The fourth-order valence-electron chi connectivity index (χ4n) is 5.87. The van der Waals surface area contributed by atoms with E-state index in [1.54, 1.807) is 12.1 Å². The van der Waals surface area contributed by atoms with Gasteiger partial charge in [0, 0.05) is 16.9 Å². The highest BCUT2D eigenvalue weighted by Crippen LogP contribution is 2.59. The summed E-state index contributed by atoms with van der Waals surface area (Å²) in [7, 11) is 0. The van der Waals surface area contributed by atoms with Gasteiger partial charge in [0.05, 0.1) is 17.5 Å². The predicted molar refractivity (Wildman–Crippen MR) is 131 cm³/mol. The zero-order valence-corrected chi connectivity index (χ0v) is 18.9. The standard InChI is InChI=1S/C29H22ClNO2/c1-17-12-13-20(30)16-23(17)31-28(32)26-21-14-15-22(27(26)29(31)33)25(21)24(18-8-4-2-5-9-18)19-10-6-3-7-11-19/h2-16,21-22,26-27H,1H3/t21-,22+,26-,27+. The average molecular weight is 452 g/mol. The minimum Gasteiger partial charge on any atom is -0.274 e. The van der Waals surface area contributed by atoms with Gasteiger partial charge in [0.2, 0.25) is 11.8 Å². The van der Waals surface area contributed by atoms with Gasteiger partial charge in [0.15, 0.2) is 0 Å². The summed E-state index contributed by atoms with van der Waals surface area (Å²) < 4.78 is 0. The minimum absolute atomic E-state index is 0.0867. The molecule has 0 N–H and O–H groups in total. The lowest BCUT2D eigenvalue weighted by molar-refractivity contribution is -0.122. The highest BCUT2D eigenvalue weighted by atomic mass is 35.5. The Kier molecular flexibility index (Phi) is 4.63. The Morgan fingerprint density at radius 1 is 0.758 bits per heavy atom. The summed E-state index contributed by atoms with van der Waals surface area (Å²) in [5.74, 6) is -1.16. The van der Waals surface area contributed by atoms with E-state index in [9.17, 15) is 9.59 Å². The number of aryl methyl sites for hydroxylation is 1. The van der Waals surface area contributed by atoms with Crippen LogP contribution in [0, 0.1) is 30.6 Å². The Bertz CT molecular complexity index is 1270. The maximum Gasteiger partial charge on any atom is 0.238 e. The van der Waals surface area contributed by atoms with Gasteiger partial charge in [-0.15, -0.1) is 0 Å². The Hall–Kier alpha value is -3.43. The molecule has 2 aliphatic carbocycles. The maximum atomic E-state index is 13.7. The number of carbonyl (C=O) groups excluding carboxylic acids is 2. The van der Waals surface area contributed by atoms with Crippen LogP contribution in [0.2, 0.25) is 5.02 Å². The van der Waals surface area contributed by atoms with Gasteiger partial charge in [0.25, 0.3) is 0 Å². The molecule has 3 aromatic carbocycles. The topological polar surface area (TPSA) is 37.4 Å². The molecule has 4 atom stereocenters. The number of rotatable bonds is 3. The number of amides is 2. The molecule has 2 fully saturated rings. The maximum absolute atomic E-state index is 13.7. The number of hydrogen-bond donors (Lipinski definition) is 0. The molecule has 33 heavy (non-hydrogen) atoms. The van der Waals surface area contributed by atoms with Crippen molar-refractivity contribution in [3.8, 4) is 0 Å². The molecule has 0 unspecified atom stereocenters. The third-order valence-corrected chi connectivity index (χ3v) is 7.48. The number of fused-ring (bicyclic) bond motifs is 5. The van der Waals surface area contributed by atoms with E-state index in [1.165, 1.54) is 10.5 Å². The largest absolute Gasteiger partial charge is 0.274 e. The van der Waals surface area contributed by atoms with E-state index in [0.717, 1.165) is 22.3 Å². The lowest BCUT2D eigenvalue weighted by Gasteiger charge is -2.22. The summed E-state index contributed by atoms with van der Waals surface area (Å²) in [6, 6.07) is 25.9. The zero-order chi connectivity index (χ0) is 22.7. The number of imide groups is 1. The molecule has 2 bridgehead atoms. The number of hydrogen-bond acceptors (Lipinski definition) is 2. The molecule has 0 aromatic heterocycles. The first-order chi connectivity index (χ1) is 16.1. The van der Waals surface area contributed by atoms with Crippen LogP contribution in [-0.4, -0.2) is 11.8 Å². The highest BCUT2D eigenvalue weighted by molar-refractivity contribution is 6.31. The van der Waals surface area contributed by atoms with Crippen molar-refractivity contribution in [3.63, 3.8) is 0 Å². The van der Waals surface area contributed by atoms with E-state index in [0.29, 0.717) is 10.7 Å². The summed E-state index contributed by atoms with van der Waals surface area (Å²) in [4.78, 5) is 28.8. The molecule has 2 amide bonds. The lowest BCUT2D eigenvalue weighted by Crippen LogP contribution is -2.33. The predicted octanol–water partition coefficient (Wildman–Crippen LogP) is 6.07. The first-order valence-corrected chi connectivity index (χ1v) is 11.6. The van der Waals surface area contributed by atoms with Crippen molar-refractivity contribution in [1.29, 1.82) is 0 Å². The molecule has 1 saturated carbocycles. The fraction of sp³-hybridized carbons (Fsp3) is 0.172. The number of allylic oxidation sites excluding steroid dienone is 3. The molecule has 1 heterocycles. The first-order valence-electron chi connectivity index (χ1n) is 11.2. The molecular weight excluding hydrogens is 430 g/mol. The van der Waals surface area contributed by atoms with Crippen LogP contribution < -0.4 is 4.90 Å². The molecule has 1 aliphatic heterocycles. The molecule has 6 rings (SSSR count). The van der Waals surface area contributed by atoms with Crippen LogP contribution in [-0.2, 0) is 9.59 Å². The van der Waals surface area contributed by atoms with Crippen LogP contribution in [0.3, 0.4) is 0 Å². The summed E-state index contributed by atoms with van der Waals surface area (Å²) in [6.07, 6.45) is 4.26. The van der Waals surface area contributed by atoms with Crippen LogP contribution in [0.1, 0.15) is 16.7 Å². The first kappa shape index (κ1) is 20.2. The highest BCUT2D eigenvalue weighted by Gasteiger charge is 2.62. The third-order valence-electron chi connectivity index (χ3n) is 7.24. The number of anilines is 1. The van der Waals surface area contributed by atoms with E-state index in [4.69, 9.17) is 11.6 Å². The van der Waals surface area contributed by atoms with Gasteiger partial charge in [-0.3, -0.25) is 9.59 Å². The van der Waals surface area contributed by atoms with Crippen molar-refractivity contribution in [2.75, 3.05) is 4.90 Å². The molecule has 3 aromatic rings. The van der Waals surface area contributed by atoms with E-state index >= 15 is 0 Å². The Morgan fingerprint density at radius 2 is 1.27 bits per heavy atom. The average Bonchev–Trinajstić information content (AvgIpc) is 3.47. The summed E-state index contributed by atoms with van der Waals surface area (Å²) in [6.45, 7) is 1.90. The van der Waals surface area contributed by atoms with Crippen LogP contribution in [0.4, 0.5) is 5.69 Å². The monoisotopic (exact) mass is 451 g/mol. The Morgan fingerprint density at radius 3 is 1.79 bits per heavy atom. The Balaban J connectivity index is 1.50. The molecule has 0 radical (unpaired) electrons. The fourth-order valence-corrected chi connectivity index (χ4v) is 6.03. The van der Waals surface area contributed by atoms with Gasteiger partial charge in [-0.25, -0.2) is 4.90 Å². The van der Waals surface area contributed by atoms with E-state index in [-0.39, 0.29) is 35.5 Å². The molecule has 3 aliphatic rings. The van der Waals surface area contributed by atoms with Crippen LogP contribution in [0.5, 0.6) is 0 Å². The summed E-state index contributed by atoms with van der Waals surface area (Å²) in [5.41, 5.74) is 6.01. The normalized spacial score (nSPS) is 25.2. The van der Waals surface area contributed by atoms with E-state index < -0.39 is 0 Å². The number of halogens is 1. The van der Waals surface area contributed by atoms with Crippen LogP contribution in [0.25, 0.3) is 5.57 Å². The second kappa shape index (κ2) is 7.57. The quantitative estimate of drug-likeness (QED) is 0.358. The van der Waals surface area contributed by atoms with Crippen LogP contribution >= 0.6 is 11.6 Å². The van der Waals surface area contributed by atoms with Crippen molar-refractivity contribution in [2.45, 2.75) is 6.92 Å². The summed E-state index contributed by atoms with van der Waals surface area (Å²) >= 11 is 6.21. The molecule has 0 spiro atoms. The van der Waals surface area contributed by atoms with Crippen molar-refractivity contribution in [1.82, 2.24) is 0 Å². The summed E-state index contributed by atoms with van der Waals surface area (Å²) in [5, 5.41) is 0.519. The van der Waals surface area contributed by atoms with Gasteiger partial charge < -0.3 is 0 Å².